The Morgan fingerprint density at radius 1 is 1.08 bits per heavy atom. The van der Waals surface area contributed by atoms with Crippen LogP contribution in [0.25, 0.3) is 0 Å². The Morgan fingerprint density at radius 2 is 1.70 bits per heavy atom. The van der Waals surface area contributed by atoms with Gasteiger partial charge in [-0.15, -0.1) is 0 Å². The molecule has 0 aliphatic carbocycles. The zero-order chi connectivity index (χ0) is 26.7. The van der Waals surface area contributed by atoms with Crippen molar-refractivity contribution in [3.63, 3.8) is 0 Å². The maximum Gasteiger partial charge on any atom is 0.419 e. The summed E-state index contributed by atoms with van der Waals surface area (Å²) in [6.07, 6.45) is -1.29. The summed E-state index contributed by atoms with van der Waals surface area (Å²) in [5.74, 6) is -0.222. The number of carbonyl (C=O) groups excluding carboxylic acids is 2. The smallest absolute Gasteiger partial charge is 0.366 e. The highest BCUT2D eigenvalue weighted by atomic mass is 19.4. The van der Waals surface area contributed by atoms with Gasteiger partial charge in [-0.25, -0.2) is 14.8 Å². The molecule has 2 aliphatic rings. The summed E-state index contributed by atoms with van der Waals surface area (Å²) < 4.78 is 38.4. The average Bonchev–Trinajstić information content (AvgIpc) is 2.84. The predicted molar refractivity (Wildman–Crippen MR) is 132 cm³/mol. The second-order valence-corrected chi connectivity index (χ2v) is 9.84. The number of anilines is 1. The third kappa shape index (κ3) is 6.48. The second-order valence-electron chi connectivity index (χ2n) is 9.84. The number of aromatic nitrogens is 2. The van der Waals surface area contributed by atoms with Gasteiger partial charge in [-0.1, -0.05) is 12.1 Å². The maximum absolute atomic E-state index is 13.1. The molecule has 0 radical (unpaired) electrons. The molecule has 1 aromatic carbocycles. The largest absolute Gasteiger partial charge is 0.419 e. The molecule has 0 bridgehead atoms. The number of alkyl halides is 3. The number of amides is 3. The van der Waals surface area contributed by atoms with Crippen molar-refractivity contribution in [1.82, 2.24) is 25.1 Å². The van der Waals surface area contributed by atoms with Crippen molar-refractivity contribution in [2.45, 2.75) is 57.5 Å². The SMILES string of the molecule is C[C@@H]1CN(c2ncc(C(F)(F)F)cn2)C[C@H](C)N1C(=O)NC1CCN(Cc2cccc(C(N)=O)c2)CC1. The number of nitrogens with two attached hydrogens (primary N) is 1. The van der Waals surface area contributed by atoms with Crippen molar-refractivity contribution in [2.24, 2.45) is 5.73 Å². The lowest BCUT2D eigenvalue weighted by Crippen LogP contribution is -2.62. The Bertz CT molecular complexity index is 1090. The standard InChI is InChI=1S/C25H32F3N7O2/c1-16-13-34(23-30-11-20(12-31-23)25(26,27)28)14-17(2)35(16)24(37)32-21-6-8-33(9-7-21)15-18-4-3-5-19(10-18)22(29)36/h3-5,10-12,16-17,21H,6-9,13-15H2,1-2H3,(H2,29,36)(H,32,37)/t16-,17+. The van der Waals surface area contributed by atoms with Crippen LogP contribution >= 0.6 is 0 Å². The molecule has 12 heteroatoms. The normalized spacial score (nSPS) is 21.6. The summed E-state index contributed by atoms with van der Waals surface area (Å²) in [6, 6.07) is 6.88. The van der Waals surface area contributed by atoms with Gasteiger partial charge >= 0.3 is 12.2 Å². The van der Waals surface area contributed by atoms with E-state index in [0.717, 1.165) is 43.9 Å². The van der Waals surface area contributed by atoms with Gasteiger partial charge in [0.25, 0.3) is 0 Å². The summed E-state index contributed by atoms with van der Waals surface area (Å²) in [7, 11) is 0. The molecule has 37 heavy (non-hydrogen) atoms. The van der Waals surface area contributed by atoms with E-state index < -0.39 is 17.6 Å². The Balaban J connectivity index is 1.27. The van der Waals surface area contributed by atoms with E-state index in [4.69, 9.17) is 5.73 Å². The quantitative estimate of drug-likeness (QED) is 0.629. The third-order valence-corrected chi connectivity index (χ3v) is 6.93. The van der Waals surface area contributed by atoms with Crippen LogP contribution in [0.2, 0.25) is 0 Å². The van der Waals surface area contributed by atoms with Gasteiger partial charge in [0.05, 0.1) is 5.56 Å². The van der Waals surface area contributed by atoms with E-state index in [1.54, 1.807) is 11.0 Å². The Hall–Kier alpha value is -3.41. The molecule has 2 saturated heterocycles. The predicted octanol–water partition coefficient (Wildman–Crippen LogP) is 2.87. The number of hydrogen-bond donors (Lipinski definition) is 2. The highest BCUT2D eigenvalue weighted by Gasteiger charge is 2.36. The molecule has 2 fully saturated rings. The highest BCUT2D eigenvalue weighted by Crippen LogP contribution is 2.29. The summed E-state index contributed by atoms with van der Waals surface area (Å²) in [4.78, 5) is 38.3. The molecule has 9 nitrogen and oxygen atoms in total. The van der Waals surface area contributed by atoms with Crippen LogP contribution in [-0.4, -0.2) is 76.0 Å². The van der Waals surface area contributed by atoms with Gasteiger partial charge in [-0.2, -0.15) is 13.2 Å². The van der Waals surface area contributed by atoms with E-state index in [9.17, 15) is 22.8 Å². The molecule has 2 aliphatic heterocycles. The molecule has 0 unspecified atom stereocenters. The van der Waals surface area contributed by atoms with Crippen LogP contribution in [0.3, 0.4) is 0 Å². The topological polar surface area (TPSA) is 108 Å². The number of piperidine rings is 1. The fourth-order valence-corrected chi connectivity index (χ4v) is 5.08. The zero-order valence-corrected chi connectivity index (χ0v) is 20.9. The molecular formula is C25H32F3N7O2. The third-order valence-electron chi connectivity index (χ3n) is 6.93. The van der Waals surface area contributed by atoms with E-state index in [1.165, 1.54) is 0 Å². The first-order valence-electron chi connectivity index (χ1n) is 12.4. The van der Waals surface area contributed by atoms with Crippen molar-refractivity contribution in [3.8, 4) is 0 Å². The molecule has 2 atom stereocenters. The average molecular weight is 520 g/mol. The summed E-state index contributed by atoms with van der Waals surface area (Å²) >= 11 is 0. The Labute approximate surface area is 213 Å². The minimum Gasteiger partial charge on any atom is -0.366 e. The lowest BCUT2D eigenvalue weighted by atomic mass is 10.0. The summed E-state index contributed by atoms with van der Waals surface area (Å²) in [5, 5.41) is 3.16. The number of halogens is 3. The molecule has 3 heterocycles. The van der Waals surface area contributed by atoms with Crippen LogP contribution in [-0.2, 0) is 12.7 Å². The van der Waals surface area contributed by atoms with Gasteiger partial charge < -0.3 is 20.9 Å². The highest BCUT2D eigenvalue weighted by molar-refractivity contribution is 5.92. The van der Waals surface area contributed by atoms with Crippen molar-refractivity contribution >= 4 is 17.9 Å². The van der Waals surface area contributed by atoms with E-state index in [2.05, 4.69) is 20.2 Å². The first-order valence-corrected chi connectivity index (χ1v) is 12.4. The fourth-order valence-electron chi connectivity index (χ4n) is 5.08. The Kier molecular flexibility index (Phi) is 7.86. The molecule has 2 aromatic rings. The first-order chi connectivity index (χ1) is 17.5. The number of nitrogens with zero attached hydrogens (tertiary/aromatic N) is 5. The number of rotatable bonds is 5. The van der Waals surface area contributed by atoms with Gasteiger partial charge in [-0.05, 0) is 44.4 Å². The number of benzene rings is 1. The van der Waals surface area contributed by atoms with Gasteiger partial charge in [0, 0.05) is 68.8 Å². The van der Waals surface area contributed by atoms with E-state index >= 15 is 0 Å². The Morgan fingerprint density at radius 3 is 2.27 bits per heavy atom. The minimum absolute atomic E-state index is 0.0522. The second kappa shape index (κ2) is 10.9. The summed E-state index contributed by atoms with van der Waals surface area (Å²) in [5.41, 5.74) is 6.00. The monoisotopic (exact) mass is 519 g/mol. The van der Waals surface area contributed by atoms with Crippen LogP contribution < -0.4 is 16.0 Å². The maximum atomic E-state index is 13.1. The molecule has 3 N–H and O–H groups in total. The molecule has 0 saturated carbocycles. The van der Waals surface area contributed by atoms with Crippen LogP contribution in [0.15, 0.2) is 36.7 Å². The number of piperazine rings is 1. The molecule has 4 rings (SSSR count). The van der Waals surface area contributed by atoms with Crippen molar-refractivity contribution in [1.29, 1.82) is 0 Å². The van der Waals surface area contributed by atoms with E-state index in [1.807, 2.05) is 36.9 Å². The zero-order valence-electron chi connectivity index (χ0n) is 20.9. The number of carbonyl (C=O) groups is 2. The number of primary amides is 1. The number of likely N-dealkylation sites (tertiary alicyclic amines) is 1. The molecule has 1 aromatic heterocycles. The number of urea groups is 1. The van der Waals surface area contributed by atoms with Gasteiger partial charge in [0.2, 0.25) is 11.9 Å². The summed E-state index contributed by atoms with van der Waals surface area (Å²) in [6.45, 7) is 7.01. The van der Waals surface area contributed by atoms with Gasteiger partial charge in [0.15, 0.2) is 0 Å². The lowest BCUT2D eigenvalue weighted by Gasteiger charge is -2.45. The van der Waals surface area contributed by atoms with Gasteiger partial charge in [-0.3, -0.25) is 9.69 Å². The van der Waals surface area contributed by atoms with E-state index in [0.29, 0.717) is 25.2 Å². The van der Waals surface area contributed by atoms with E-state index in [-0.39, 0.29) is 30.1 Å². The van der Waals surface area contributed by atoms with Crippen molar-refractivity contribution < 1.29 is 22.8 Å². The van der Waals surface area contributed by atoms with Crippen LogP contribution in [0, 0.1) is 0 Å². The number of nitrogens with one attached hydrogen (secondary N) is 1. The van der Waals surface area contributed by atoms with Crippen molar-refractivity contribution in [2.75, 3.05) is 31.1 Å². The van der Waals surface area contributed by atoms with Crippen LogP contribution in [0.4, 0.5) is 23.9 Å². The van der Waals surface area contributed by atoms with Crippen molar-refractivity contribution in [3.05, 3.63) is 53.3 Å². The molecule has 0 spiro atoms. The molecular weight excluding hydrogens is 487 g/mol. The van der Waals surface area contributed by atoms with Crippen LogP contribution in [0.5, 0.6) is 0 Å². The lowest BCUT2D eigenvalue weighted by molar-refractivity contribution is -0.138. The van der Waals surface area contributed by atoms with Gasteiger partial charge in [0.1, 0.15) is 0 Å². The first kappa shape index (κ1) is 26.6. The minimum atomic E-state index is -4.48. The molecule has 3 amide bonds. The number of hydrogen-bond acceptors (Lipinski definition) is 6. The van der Waals surface area contributed by atoms with Crippen LogP contribution in [0.1, 0.15) is 48.2 Å². The fraction of sp³-hybridized carbons (Fsp3) is 0.520. The molecule has 200 valence electrons.